The van der Waals surface area contributed by atoms with Gasteiger partial charge in [0.25, 0.3) is 0 Å². The molecule has 0 aliphatic heterocycles. The maximum absolute atomic E-state index is 2.43. The molecule has 0 spiro atoms. The van der Waals surface area contributed by atoms with E-state index in [0.29, 0.717) is 0 Å². The maximum Gasteiger partial charge on any atom is -0.0331 e. The third-order valence-electron chi connectivity index (χ3n) is 3.44. The fourth-order valence-corrected chi connectivity index (χ4v) is 2.91. The number of hydrogen-bond donors (Lipinski definition) is 0. The van der Waals surface area contributed by atoms with Gasteiger partial charge in [-0.05, 0) is 36.0 Å². The van der Waals surface area contributed by atoms with Crippen LogP contribution in [0.1, 0.15) is 27.2 Å². The Morgan fingerprint density at radius 2 is 1.89 bits per heavy atom. The van der Waals surface area contributed by atoms with Crippen LogP contribution in [-0.4, -0.2) is 0 Å². The van der Waals surface area contributed by atoms with Crippen LogP contribution in [0.15, 0.2) is 0 Å². The Morgan fingerprint density at radius 1 is 1.22 bits per heavy atom. The molecule has 0 heteroatoms. The Morgan fingerprint density at radius 3 is 2.11 bits per heavy atom. The first-order chi connectivity index (χ1) is 4.22. The molecule has 0 amide bonds. The van der Waals surface area contributed by atoms with E-state index in [-0.39, 0.29) is 0 Å². The van der Waals surface area contributed by atoms with E-state index in [9.17, 15) is 0 Å². The van der Waals surface area contributed by atoms with Crippen LogP contribution >= 0.6 is 0 Å². The summed E-state index contributed by atoms with van der Waals surface area (Å²) in [5.74, 6) is 5.44. The summed E-state index contributed by atoms with van der Waals surface area (Å²) in [5.41, 5.74) is 0. The van der Waals surface area contributed by atoms with Crippen LogP contribution in [-0.2, 0) is 0 Å². The molecule has 4 atom stereocenters. The van der Waals surface area contributed by atoms with Crippen molar-refractivity contribution >= 4 is 0 Å². The Kier molecular flexibility index (Phi) is 0.980. The minimum absolute atomic E-state index is 0.948. The largest absolute Gasteiger partial charge is 0.0625 e. The lowest BCUT2D eigenvalue weighted by Crippen LogP contribution is -2.31. The van der Waals surface area contributed by atoms with Gasteiger partial charge >= 0.3 is 0 Å². The second-order valence-electron chi connectivity index (χ2n) is 4.24. The minimum Gasteiger partial charge on any atom is -0.0625 e. The van der Waals surface area contributed by atoms with Crippen molar-refractivity contribution in [3.8, 4) is 0 Å². The fraction of sp³-hybridized carbons (Fsp3) is 1.00. The highest BCUT2D eigenvalue weighted by Gasteiger charge is 2.59. The molecule has 2 saturated carbocycles. The molecule has 0 aromatic heterocycles. The average molecular weight is 124 g/mol. The van der Waals surface area contributed by atoms with Crippen LogP contribution in [0.3, 0.4) is 0 Å². The maximum atomic E-state index is 2.43. The predicted molar refractivity (Wildman–Crippen MR) is 39.1 cm³/mol. The number of rotatable bonds is 1. The quantitative estimate of drug-likeness (QED) is 0.504. The summed E-state index contributed by atoms with van der Waals surface area (Å²) >= 11 is 0. The summed E-state index contributed by atoms with van der Waals surface area (Å²) in [5, 5.41) is 0. The van der Waals surface area contributed by atoms with Crippen LogP contribution in [0.25, 0.3) is 0 Å². The standard InChI is InChI=1S/C9H16/c1-5(2)9-6(3)7-4-8(7)9/h5-9H,4H2,1-3H3. The summed E-state index contributed by atoms with van der Waals surface area (Å²) in [6, 6.07) is 0. The molecular formula is C9H16. The molecule has 0 bridgehead atoms. The van der Waals surface area contributed by atoms with Gasteiger partial charge in [-0.3, -0.25) is 0 Å². The first kappa shape index (κ1) is 5.76. The summed E-state index contributed by atoms with van der Waals surface area (Å²) in [7, 11) is 0. The Hall–Kier alpha value is 0. The molecule has 2 fully saturated rings. The second kappa shape index (κ2) is 1.53. The zero-order valence-electron chi connectivity index (χ0n) is 6.59. The van der Waals surface area contributed by atoms with Gasteiger partial charge in [-0.25, -0.2) is 0 Å². The molecule has 4 unspecified atom stereocenters. The molecule has 2 aliphatic carbocycles. The van der Waals surface area contributed by atoms with Crippen molar-refractivity contribution in [2.24, 2.45) is 29.6 Å². The highest BCUT2D eigenvalue weighted by Crippen LogP contribution is 2.65. The normalized spacial score (nSPS) is 54.7. The molecule has 2 rings (SSSR count). The lowest BCUT2D eigenvalue weighted by molar-refractivity contribution is 0.119. The lowest BCUT2D eigenvalue weighted by atomic mass is 9.69. The van der Waals surface area contributed by atoms with Crippen LogP contribution in [0, 0.1) is 29.6 Å². The van der Waals surface area contributed by atoms with Crippen LogP contribution < -0.4 is 0 Å². The Bertz CT molecular complexity index is 124. The highest BCUT2D eigenvalue weighted by molar-refractivity contribution is 5.07. The van der Waals surface area contributed by atoms with Crippen LogP contribution in [0.2, 0.25) is 0 Å². The van der Waals surface area contributed by atoms with E-state index in [0.717, 1.165) is 23.7 Å². The van der Waals surface area contributed by atoms with Crippen molar-refractivity contribution in [1.82, 2.24) is 0 Å². The zero-order chi connectivity index (χ0) is 6.59. The zero-order valence-corrected chi connectivity index (χ0v) is 6.59. The molecule has 0 saturated heterocycles. The van der Waals surface area contributed by atoms with Crippen molar-refractivity contribution in [2.45, 2.75) is 27.2 Å². The smallest absolute Gasteiger partial charge is 0.0331 e. The Labute approximate surface area is 57.6 Å². The fourth-order valence-electron chi connectivity index (χ4n) is 2.91. The number of fused-ring (bicyclic) bond motifs is 1. The lowest BCUT2D eigenvalue weighted by Gasteiger charge is -2.36. The molecule has 0 N–H and O–H groups in total. The molecule has 9 heavy (non-hydrogen) atoms. The van der Waals surface area contributed by atoms with Crippen molar-refractivity contribution < 1.29 is 0 Å². The summed E-state index contributed by atoms with van der Waals surface area (Å²) in [4.78, 5) is 0. The van der Waals surface area contributed by atoms with Crippen molar-refractivity contribution in [3.63, 3.8) is 0 Å². The van der Waals surface area contributed by atoms with Crippen molar-refractivity contribution in [2.75, 3.05) is 0 Å². The summed E-state index contributed by atoms with van der Waals surface area (Å²) < 4.78 is 0. The molecule has 0 aromatic rings. The minimum atomic E-state index is 0.948. The monoisotopic (exact) mass is 124 g/mol. The van der Waals surface area contributed by atoms with E-state index in [2.05, 4.69) is 20.8 Å². The van der Waals surface area contributed by atoms with Gasteiger partial charge in [0.05, 0.1) is 0 Å². The van der Waals surface area contributed by atoms with Crippen LogP contribution in [0.5, 0.6) is 0 Å². The molecular weight excluding hydrogens is 108 g/mol. The van der Waals surface area contributed by atoms with E-state index >= 15 is 0 Å². The summed E-state index contributed by atoms with van der Waals surface area (Å²) in [6.45, 7) is 7.17. The van der Waals surface area contributed by atoms with Gasteiger partial charge in [-0.2, -0.15) is 0 Å². The van der Waals surface area contributed by atoms with Crippen molar-refractivity contribution in [3.05, 3.63) is 0 Å². The molecule has 0 heterocycles. The predicted octanol–water partition coefficient (Wildman–Crippen LogP) is 2.54. The van der Waals surface area contributed by atoms with Gasteiger partial charge in [0.1, 0.15) is 0 Å². The molecule has 0 nitrogen and oxygen atoms in total. The Balaban J connectivity index is 1.99. The summed E-state index contributed by atoms with van der Waals surface area (Å²) in [6.07, 6.45) is 1.56. The topological polar surface area (TPSA) is 0 Å². The van der Waals surface area contributed by atoms with E-state index in [1.54, 1.807) is 6.42 Å². The van der Waals surface area contributed by atoms with Gasteiger partial charge in [-0.1, -0.05) is 20.8 Å². The molecule has 0 aromatic carbocycles. The van der Waals surface area contributed by atoms with E-state index in [4.69, 9.17) is 0 Å². The molecule has 2 aliphatic rings. The van der Waals surface area contributed by atoms with Gasteiger partial charge in [0.15, 0.2) is 0 Å². The average Bonchev–Trinajstić information content (AvgIpc) is 2.41. The number of hydrogen-bond acceptors (Lipinski definition) is 0. The van der Waals surface area contributed by atoms with Gasteiger partial charge in [0.2, 0.25) is 0 Å². The van der Waals surface area contributed by atoms with E-state index < -0.39 is 0 Å². The SMILES string of the molecule is CC(C)C1C(C)C2CC21. The molecule has 0 radical (unpaired) electrons. The van der Waals surface area contributed by atoms with Crippen molar-refractivity contribution in [1.29, 1.82) is 0 Å². The first-order valence-electron chi connectivity index (χ1n) is 4.22. The third kappa shape index (κ3) is 0.595. The van der Waals surface area contributed by atoms with Crippen LogP contribution in [0.4, 0.5) is 0 Å². The van der Waals surface area contributed by atoms with Gasteiger partial charge in [-0.15, -0.1) is 0 Å². The highest BCUT2D eigenvalue weighted by atomic mass is 14.6. The van der Waals surface area contributed by atoms with Gasteiger partial charge in [0, 0.05) is 0 Å². The third-order valence-corrected chi connectivity index (χ3v) is 3.44. The van der Waals surface area contributed by atoms with E-state index in [1.807, 2.05) is 0 Å². The van der Waals surface area contributed by atoms with E-state index in [1.165, 1.54) is 5.92 Å². The first-order valence-corrected chi connectivity index (χ1v) is 4.22. The van der Waals surface area contributed by atoms with Gasteiger partial charge < -0.3 is 0 Å². The molecule has 52 valence electrons. The second-order valence-corrected chi connectivity index (χ2v) is 4.24.